The van der Waals surface area contributed by atoms with Crippen molar-refractivity contribution in [2.45, 2.75) is 25.4 Å². The standard InChI is InChI=1S/C22H23N3O4/c26-22-7-3-6-19-16-10-15(12-24(19)22)11-23(13-16)14-17-8-9-21(29-17)18-4-1-2-5-20(18)25(27)28/h1-9,15-16,25,27H,10-14H2/t15-,16-/m1/s1. The highest BCUT2D eigenvalue weighted by atomic mass is 16.8. The van der Waals surface area contributed by atoms with Crippen LogP contribution in [0.15, 0.2) is 63.8 Å². The first-order valence-corrected chi connectivity index (χ1v) is 9.92. The zero-order chi connectivity index (χ0) is 20.0. The molecule has 7 heteroatoms. The van der Waals surface area contributed by atoms with Gasteiger partial charge in [0.25, 0.3) is 5.56 Å². The normalized spacial score (nSPS) is 22.3. The molecule has 1 saturated heterocycles. The van der Waals surface area contributed by atoms with Gasteiger partial charge in [0.15, 0.2) is 5.69 Å². The molecule has 5 rings (SSSR count). The third-order valence-corrected chi connectivity index (χ3v) is 6.02. The average molecular weight is 393 g/mol. The maximum Gasteiger partial charge on any atom is 0.250 e. The monoisotopic (exact) mass is 393 g/mol. The molecular formula is C22H23N3O4. The lowest BCUT2D eigenvalue weighted by Gasteiger charge is -2.42. The van der Waals surface area contributed by atoms with Gasteiger partial charge in [0.05, 0.1) is 12.1 Å². The van der Waals surface area contributed by atoms with Crippen molar-refractivity contribution in [1.82, 2.24) is 9.47 Å². The number of furan rings is 1. The van der Waals surface area contributed by atoms with Gasteiger partial charge in [0.1, 0.15) is 11.5 Å². The molecule has 2 aromatic heterocycles. The summed E-state index contributed by atoms with van der Waals surface area (Å²) in [6.07, 6.45) is 1.12. The number of aromatic nitrogens is 1. The highest BCUT2D eigenvalue weighted by Gasteiger charge is 2.34. The Balaban J connectivity index is 1.35. The third kappa shape index (κ3) is 3.42. The number of benzene rings is 1. The average Bonchev–Trinajstić information content (AvgIpc) is 3.17. The summed E-state index contributed by atoms with van der Waals surface area (Å²) in [6, 6.07) is 16.2. The number of quaternary nitrogens is 1. The van der Waals surface area contributed by atoms with Crippen LogP contribution in [0.25, 0.3) is 11.3 Å². The van der Waals surface area contributed by atoms with Crippen molar-refractivity contribution >= 4 is 5.69 Å². The predicted molar refractivity (Wildman–Crippen MR) is 107 cm³/mol. The van der Waals surface area contributed by atoms with Crippen LogP contribution in [-0.4, -0.2) is 27.8 Å². The second kappa shape index (κ2) is 7.27. The van der Waals surface area contributed by atoms with Crippen LogP contribution in [0.5, 0.6) is 0 Å². The molecule has 2 bridgehead atoms. The van der Waals surface area contributed by atoms with Crippen molar-refractivity contribution in [3.05, 3.63) is 81.6 Å². The molecule has 0 aliphatic carbocycles. The minimum Gasteiger partial charge on any atom is -0.595 e. The highest BCUT2D eigenvalue weighted by molar-refractivity contribution is 5.69. The first-order chi connectivity index (χ1) is 14.1. The summed E-state index contributed by atoms with van der Waals surface area (Å²) in [5, 5.41) is 19.9. The number of rotatable bonds is 4. The number of hydrogen-bond donors (Lipinski definition) is 2. The summed E-state index contributed by atoms with van der Waals surface area (Å²) < 4.78 is 7.95. The Labute approximate surface area is 167 Å². The van der Waals surface area contributed by atoms with E-state index in [0.29, 0.717) is 29.7 Å². The van der Waals surface area contributed by atoms with Crippen LogP contribution in [0.4, 0.5) is 5.69 Å². The van der Waals surface area contributed by atoms with E-state index in [2.05, 4.69) is 11.0 Å². The van der Waals surface area contributed by atoms with Gasteiger partial charge < -0.3 is 14.2 Å². The van der Waals surface area contributed by atoms with E-state index in [1.807, 2.05) is 28.8 Å². The van der Waals surface area contributed by atoms with Crippen LogP contribution in [0.3, 0.4) is 0 Å². The zero-order valence-corrected chi connectivity index (χ0v) is 16.0. The van der Waals surface area contributed by atoms with E-state index in [9.17, 15) is 15.2 Å². The van der Waals surface area contributed by atoms with Crippen molar-refractivity contribution in [3.8, 4) is 11.3 Å². The quantitative estimate of drug-likeness (QED) is 0.664. The van der Waals surface area contributed by atoms with E-state index in [0.717, 1.165) is 37.5 Å². The second-order valence-corrected chi connectivity index (χ2v) is 8.01. The van der Waals surface area contributed by atoms with Crippen LogP contribution >= 0.6 is 0 Å². The van der Waals surface area contributed by atoms with Gasteiger partial charge in [-0.15, -0.1) is 0 Å². The number of nitrogens with one attached hydrogen (secondary N) is 1. The van der Waals surface area contributed by atoms with Gasteiger partial charge in [-0.25, -0.2) is 5.21 Å². The summed E-state index contributed by atoms with van der Waals surface area (Å²) in [6.45, 7) is 3.28. The lowest BCUT2D eigenvalue weighted by molar-refractivity contribution is -0.991. The van der Waals surface area contributed by atoms with Crippen molar-refractivity contribution in [2.24, 2.45) is 5.92 Å². The molecule has 2 aliphatic heterocycles. The number of likely N-dealkylation sites (tertiary alicyclic amines) is 1. The lowest BCUT2D eigenvalue weighted by Crippen LogP contribution is -2.99. The molecule has 0 saturated carbocycles. The minimum atomic E-state index is -0.962. The molecule has 3 aromatic rings. The fourth-order valence-electron chi connectivity index (χ4n) is 4.84. The molecular weight excluding hydrogens is 370 g/mol. The Morgan fingerprint density at radius 1 is 1.07 bits per heavy atom. The summed E-state index contributed by atoms with van der Waals surface area (Å²) in [5.41, 5.74) is 2.06. The fraction of sp³-hybridized carbons (Fsp3) is 0.318. The zero-order valence-electron chi connectivity index (χ0n) is 16.0. The number of piperidine rings is 1. The Hall–Kier alpha value is -2.71. The molecule has 1 unspecified atom stereocenters. The number of para-hydroxylation sites is 1. The van der Waals surface area contributed by atoms with Gasteiger partial charge in [0, 0.05) is 43.4 Å². The molecule has 2 N–H and O–H groups in total. The molecule has 2 aliphatic rings. The Bertz CT molecular complexity index is 1090. The van der Waals surface area contributed by atoms with E-state index in [-0.39, 0.29) is 11.2 Å². The number of pyridine rings is 1. The van der Waals surface area contributed by atoms with Crippen LogP contribution in [0, 0.1) is 11.1 Å². The van der Waals surface area contributed by atoms with E-state index in [1.165, 1.54) is 0 Å². The summed E-state index contributed by atoms with van der Waals surface area (Å²) >= 11 is 0. The van der Waals surface area contributed by atoms with E-state index < -0.39 is 5.23 Å². The molecule has 1 fully saturated rings. The van der Waals surface area contributed by atoms with Gasteiger partial charge in [-0.2, -0.15) is 5.23 Å². The Morgan fingerprint density at radius 3 is 2.79 bits per heavy atom. The largest absolute Gasteiger partial charge is 0.595 e. The highest BCUT2D eigenvalue weighted by Crippen LogP contribution is 2.36. The maximum atomic E-state index is 12.2. The van der Waals surface area contributed by atoms with Gasteiger partial charge >= 0.3 is 0 Å². The smallest absolute Gasteiger partial charge is 0.250 e. The topological polar surface area (TPSA) is 86.1 Å². The van der Waals surface area contributed by atoms with Crippen LogP contribution in [0.1, 0.15) is 23.8 Å². The predicted octanol–water partition coefficient (Wildman–Crippen LogP) is 2.13. The second-order valence-electron chi connectivity index (χ2n) is 8.01. The number of fused-ring (bicyclic) bond motifs is 4. The molecule has 1 aromatic carbocycles. The first kappa shape index (κ1) is 18.3. The van der Waals surface area contributed by atoms with Crippen molar-refractivity contribution in [3.63, 3.8) is 0 Å². The molecule has 4 heterocycles. The van der Waals surface area contributed by atoms with Gasteiger partial charge in [-0.1, -0.05) is 18.2 Å². The van der Waals surface area contributed by atoms with Crippen molar-refractivity contribution in [2.75, 3.05) is 13.1 Å². The lowest BCUT2D eigenvalue weighted by atomic mass is 9.83. The Morgan fingerprint density at radius 2 is 1.93 bits per heavy atom. The van der Waals surface area contributed by atoms with Crippen LogP contribution in [0.2, 0.25) is 0 Å². The van der Waals surface area contributed by atoms with Crippen molar-refractivity contribution < 1.29 is 14.9 Å². The summed E-state index contributed by atoms with van der Waals surface area (Å²) in [4.78, 5) is 14.6. The molecule has 3 atom stereocenters. The Kier molecular flexibility index (Phi) is 4.60. The maximum absolute atomic E-state index is 12.2. The van der Waals surface area contributed by atoms with Crippen molar-refractivity contribution in [1.29, 1.82) is 0 Å². The molecule has 0 amide bonds. The number of hydrogen-bond acceptors (Lipinski definition) is 5. The molecule has 29 heavy (non-hydrogen) atoms. The van der Waals surface area contributed by atoms with Crippen LogP contribution < -0.4 is 10.8 Å². The van der Waals surface area contributed by atoms with Gasteiger partial charge in [0.2, 0.25) is 0 Å². The molecule has 150 valence electrons. The minimum absolute atomic E-state index is 0.0958. The first-order valence-electron chi connectivity index (χ1n) is 9.92. The summed E-state index contributed by atoms with van der Waals surface area (Å²) in [5.74, 6) is 2.22. The van der Waals surface area contributed by atoms with Crippen LogP contribution in [-0.2, 0) is 13.1 Å². The SMILES string of the molecule is O=c1cccc2n1C[C@@H]1C[C@@H]2CN(Cc2ccc(-c3ccccc3[NH+]([O-])O)o2)C1. The number of nitrogens with zero attached hydrogens (tertiary/aromatic N) is 2. The van der Waals surface area contributed by atoms with Gasteiger partial charge in [-0.05, 0) is 36.6 Å². The summed E-state index contributed by atoms with van der Waals surface area (Å²) in [7, 11) is 0. The third-order valence-electron chi connectivity index (χ3n) is 6.02. The molecule has 0 spiro atoms. The molecule has 0 radical (unpaired) electrons. The van der Waals surface area contributed by atoms with E-state index >= 15 is 0 Å². The van der Waals surface area contributed by atoms with E-state index in [1.54, 1.807) is 24.3 Å². The van der Waals surface area contributed by atoms with E-state index in [4.69, 9.17) is 4.42 Å². The fourth-order valence-corrected chi connectivity index (χ4v) is 4.84. The van der Waals surface area contributed by atoms with Gasteiger partial charge in [-0.3, -0.25) is 9.69 Å². The molecule has 7 nitrogen and oxygen atoms in total.